The summed E-state index contributed by atoms with van der Waals surface area (Å²) in [5, 5.41) is 3.18. The van der Waals surface area contributed by atoms with Crippen molar-refractivity contribution in [2.24, 2.45) is 0 Å². The molecule has 0 radical (unpaired) electrons. The Morgan fingerprint density at radius 3 is 2.18 bits per heavy atom. The molecule has 146 valence electrons. The van der Waals surface area contributed by atoms with Crippen LogP contribution in [-0.2, 0) is 6.42 Å². The van der Waals surface area contributed by atoms with Crippen LogP contribution in [0.15, 0.2) is 84.9 Å². The van der Waals surface area contributed by atoms with Crippen LogP contribution in [0.25, 0.3) is 16.7 Å². The molecule has 0 unspecified atom stereocenters. The van der Waals surface area contributed by atoms with E-state index in [0.717, 1.165) is 19.4 Å². The van der Waals surface area contributed by atoms with E-state index in [2.05, 4.69) is 105 Å². The van der Waals surface area contributed by atoms with Crippen LogP contribution >= 0.6 is 0 Å². The van der Waals surface area contributed by atoms with Crippen LogP contribution in [0.2, 0.25) is 0 Å². The molecule has 0 amide bonds. The average Bonchev–Trinajstić information content (AvgIpc) is 2.76. The molecule has 1 heteroatoms. The summed E-state index contributed by atoms with van der Waals surface area (Å²) < 4.78 is 0. The highest BCUT2D eigenvalue weighted by Gasteiger charge is 2.02. The van der Waals surface area contributed by atoms with Crippen molar-refractivity contribution in [3.05, 3.63) is 102 Å². The number of hydrogen-bond donors (Lipinski definition) is 1. The monoisotopic (exact) mass is 371 g/mol. The lowest BCUT2D eigenvalue weighted by atomic mass is 9.98. The highest BCUT2D eigenvalue weighted by atomic mass is 14.8. The fourth-order valence-corrected chi connectivity index (χ4v) is 3.23. The number of nitrogens with one attached hydrogen (secondary N) is 1. The number of aryl methyl sites for hydroxylation is 2. The molecule has 0 saturated carbocycles. The minimum atomic E-state index is 1.04. The van der Waals surface area contributed by atoms with Crippen molar-refractivity contribution in [2.45, 2.75) is 33.6 Å². The molecular formula is C27H33N. The zero-order chi connectivity index (χ0) is 20.2. The van der Waals surface area contributed by atoms with Gasteiger partial charge in [-0.25, -0.2) is 0 Å². The Morgan fingerprint density at radius 2 is 1.54 bits per heavy atom. The second kappa shape index (κ2) is 11.9. The van der Waals surface area contributed by atoms with Crippen molar-refractivity contribution < 1.29 is 0 Å². The average molecular weight is 372 g/mol. The quantitative estimate of drug-likeness (QED) is 0.495. The maximum Gasteiger partial charge on any atom is -0.00113 e. The van der Waals surface area contributed by atoms with Gasteiger partial charge in [0.2, 0.25) is 0 Å². The second-order valence-electron chi connectivity index (χ2n) is 6.90. The van der Waals surface area contributed by atoms with Crippen LogP contribution in [0.5, 0.6) is 0 Å². The van der Waals surface area contributed by atoms with Crippen molar-refractivity contribution in [3.8, 4) is 11.1 Å². The van der Waals surface area contributed by atoms with Crippen LogP contribution in [0.1, 0.15) is 37.0 Å². The van der Waals surface area contributed by atoms with E-state index in [1.165, 1.54) is 33.4 Å². The molecule has 0 heterocycles. The van der Waals surface area contributed by atoms with Crippen molar-refractivity contribution in [3.63, 3.8) is 0 Å². The van der Waals surface area contributed by atoms with Gasteiger partial charge in [-0.1, -0.05) is 91.9 Å². The number of hydrogen-bond acceptors (Lipinski definition) is 1. The van der Waals surface area contributed by atoms with Gasteiger partial charge in [-0.3, -0.25) is 0 Å². The van der Waals surface area contributed by atoms with E-state index in [-0.39, 0.29) is 0 Å². The fourth-order valence-electron chi connectivity index (χ4n) is 3.23. The van der Waals surface area contributed by atoms with Gasteiger partial charge >= 0.3 is 0 Å². The highest BCUT2D eigenvalue weighted by Crippen LogP contribution is 2.21. The summed E-state index contributed by atoms with van der Waals surface area (Å²) in [7, 11) is 1.99. The minimum Gasteiger partial charge on any atom is -0.319 e. The zero-order valence-corrected chi connectivity index (χ0v) is 17.7. The summed E-state index contributed by atoms with van der Waals surface area (Å²) in [5.74, 6) is 0. The predicted molar refractivity (Wildman–Crippen MR) is 125 cm³/mol. The fraction of sp³-hybridized carbons (Fsp3) is 0.259. The molecule has 0 aromatic heterocycles. The Balaban J connectivity index is 0.000000200. The van der Waals surface area contributed by atoms with Crippen LogP contribution in [-0.4, -0.2) is 13.6 Å². The van der Waals surface area contributed by atoms with E-state index in [0.29, 0.717) is 0 Å². The van der Waals surface area contributed by atoms with Crippen molar-refractivity contribution in [1.29, 1.82) is 0 Å². The van der Waals surface area contributed by atoms with Gasteiger partial charge in [-0.15, -0.1) is 0 Å². The molecule has 0 atom stereocenters. The lowest BCUT2D eigenvalue weighted by molar-refractivity contribution is 0.814. The van der Waals surface area contributed by atoms with E-state index < -0.39 is 0 Å². The van der Waals surface area contributed by atoms with Crippen molar-refractivity contribution >= 4 is 5.57 Å². The van der Waals surface area contributed by atoms with Gasteiger partial charge in [0.25, 0.3) is 0 Å². The normalized spacial score (nSPS) is 10.9. The number of allylic oxidation sites excluding steroid dienone is 1. The molecule has 0 saturated heterocycles. The van der Waals surface area contributed by atoms with Crippen molar-refractivity contribution in [2.75, 3.05) is 13.6 Å². The third kappa shape index (κ3) is 6.51. The van der Waals surface area contributed by atoms with E-state index >= 15 is 0 Å². The summed E-state index contributed by atoms with van der Waals surface area (Å²) in [6.45, 7) is 7.49. The molecule has 0 fully saturated rings. The Morgan fingerprint density at radius 1 is 0.857 bits per heavy atom. The maximum absolute atomic E-state index is 3.18. The van der Waals surface area contributed by atoms with Gasteiger partial charge in [0.05, 0.1) is 0 Å². The third-order valence-electron chi connectivity index (χ3n) is 4.93. The summed E-state index contributed by atoms with van der Waals surface area (Å²) in [6.07, 6.45) is 4.40. The lowest BCUT2D eigenvalue weighted by Gasteiger charge is -2.09. The lowest BCUT2D eigenvalue weighted by Crippen LogP contribution is -2.08. The Labute approximate surface area is 171 Å². The van der Waals surface area contributed by atoms with E-state index in [1.807, 2.05) is 13.1 Å². The summed E-state index contributed by atoms with van der Waals surface area (Å²) >= 11 is 0. The molecule has 0 aliphatic rings. The van der Waals surface area contributed by atoms with Gasteiger partial charge in [0.1, 0.15) is 0 Å². The first-order valence-electron chi connectivity index (χ1n) is 10.2. The first-order chi connectivity index (χ1) is 13.7. The molecular weight excluding hydrogens is 338 g/mol. The predicted octanol–water partition coefficient (Wildman–Crippen LogP) is 6.92. The molecule has 3 aromatic carbocycles. The van der Waals surface area contributed by atoms with Crippen LogP contribution in [0.4, 0.5) is 0 Å². The molecule has 0 bridgehead atoms. The second-order valence-corrected chi connectivity index (χ2v) is 6.90. The van der Waals surface area contributed by atoms with Gasteiger partial charge < -0.3 is 5.32 Å². The van der Waals surface area contributed by atoms with E-state index in [1.54, 1.807) is 0 Å². The summed E-state index contributed by atoms with van der Waals surface area (Å²) in [4.78, 5) is 0. The van der Waals surface area contributed by atoms with Gasteiger partial charge in [0.15, 0.2) is 0 Å². The Kier molecular flexibility index (Phi) is 9.24. The zero-order valence-electron chi connectivity index (χ0n) is 17.7. The minimum absolute atomic E-state index is 1.04. The summed E-state index contributed by atoms with van der Waals surface area (Å²) in [5.41, 5.74) is 8.17. The van der Waals surface area contributed by atoms with Crippen LogP contribution in [0.3, 0.4) is 0 Å². The molecule has 0 spiro atoms. The summed E-state index contributed by atoms with van der Waals surface area (Å²) in [6, 6.07) is 27.8. The number of rotatable bonds is 6. The van der Waals surface area contributed by atoms with Crippen molar-refractivity contribution in [1.82, 2.24) is 5.32 Å². The SMILES string of the molecule is C/C=C(/CCNC)c1ccccc1C.CCc1cccc(-c2ccccc2)c1. The molecule has 3 rings (SSSR count). The highest BCUT2D eigenvalue weighted by molar-refractivity contribution is 5.68. The Bertz CT molecular complexity index is 862. The molecule has 1 nitrogen and oxygen atoms in total. The Hall–Kier alpha value is -2.64. The molecule has 0 aliphatic heterocycles. The van der Waals surface area contributed by atoms with Gasteiger partial charge in [-0.05, 0) is 73.7 Å². The topological polar surface area (TPSA) is 12.0 Å². The molecule has 28 heavy (non-hydrogen) atoms. The maximum atomic E-state index is 3.18. The van der Waals surface area contributed by atoms with E-state index in [9.17, 15) is 0 Å². The standard InChI is InChI=1S/C14H14.C13H19N/c1-2-12-7-6-10-14(11-12)13-8-4-3-5-9-13;1-4-12(9-10-14-3)13-8-6-5-7-11(13)2/h3-11H,2H2,1H3;4-8,14H,9-10H2,1-3H3/b;12-4-. The third-order valence-corrected chi connectivity index (χ3v) is 4.93. The van der Waals surface area contributed by atoms with E-state index in [4.69, 9.17) is 0 Å². The largest absolute Gasteiger partial charge is 0.319 e. The first kappa shape index (κ1) is 21.7. The first-order valence-corrected chi connectivity index (χ1v) is 10.2. The van der Waals surface area contributed by atoms with Gasteiger partial charge in [-0.2, -0.15) is 0 Å². The molecule has 0 aliphatic carbocycles. The van der Waals surface area contributed by atoms with Gasteiger partial charge in [0, 0.05) is 0 Å². The van der Waals surface area contributed by atoms with Crippen LogP contribution < -0.4 is 5.32 Å². The van der Waals surface area contributed by atoms with Crippen LogP contribution in [0, 0.1) is 6.92 Å². The molecule has 3 aromatic rings. The smallest absolute Gasteiger partial charge is 0.00113 e. The number of benzene rings is 3. The molecule has 1 N–H and O–H groups in total.